The van der Waals surface area contributed by atoms with Crippen molar-refractivity contribution >= 4 is 23.3 Å². The molecule has 2 rings (SSSR count). The summed E-state index contributed by atoms with van der Waals surface area (Å²) in [6, 6.07) is 4.25. The first-order valence-electron chi connectivity index (χ1n) is 6.78. The van der Waals surface area contributed by atoms with Crippen molar-refractivity contribution in [1.82, 2.24) is 4.90 Å². The molecular formula is C14H17ClN2O4. The number of esters is 1. The Morgan fingerprint density at radius 3 is 2.95 bits per heavy atom. The van der Waals surface area contributed by atoms with Crippen molar-refractivity contribution in [1.29, 1.82) is 0 Å². The monoisotopic (exact) mass is 312 g/mol. The second-order valence-electron chi connectivity index (χ2n) is 5.00. The number of ether oxygens (including phenoxy) is 1. The van der Waals surface area contributed by atoms with E-state index in [4.69, 9.17) is 16.3 Å². The van der Waals surface area contributed by atoms with Crippen molar-refractivity contribution in [2.24, 2.45) is 0 Å². The van der Waals surface area contributed by atoms with Crippen LogP contribution >= 0.6 is 11.6 Å². The van der Waals surface area contributed by atoms with E-state index >= 15 is 0 Å². The van der Waals surface area contributed by atoms with E-state index in [9.17, 15) is 14.9 Å². The van der Waals surface area contributed by atoms with Crippen LogP contribution in [0.25, 0.3) is 0 Å². The van der Waals surface area contributed by atoms with Crippen LogP contribution in [0.5, 0.6) is 0 Å². The Bertz CT molecular complexity index is 550. The van der Waals surface area contributed by atoms with Crippen molar-refractivity contribution in [3.05, 3.63) is 38.9 Å². The van der Waals surface area contributed by atoms with Gasteiger partial charge in [0.25, 0.3) is 5.69 Å². The van der Waals surface area contributed by atoms with E-state index in [-0.39, 0.29) is 24.2 Å². The van der Waals surface area contributed by atoms with Gasteiger partial charge in [0.05, 0.1) is 22.6 Å². The molecule has 21 heavy (non-hydrogen) atoms. The Hall–Kier alpha value is -1.66. The number of hydrogen-bond donors (Lipinski definition) is 0. The molecule has 0 spiro atoms. The highest BCUT2D eigenvalue weighted by Crippen LogP contribution is 2.30. The first-order chi connectivity index (χ1) is 10.0. The Morgan fingerprint density at radius 2 is 2.29 bits per heavy atom. The molecule has 1 heterocycles. The Morgan fingerprint density at radius 1 is 1.52 bits per heavy atom. The van der Waals surface area contributed by atoms with Crippen LogP contribution in [0.1, 0.15) is 24.8 Å². The number of likely N-dealkylation sites (tertiary alicyclic amines) is 1. The number of methoxy groups -OCH3 is 1. The van der Waals surface area contributed by atoms with Gasteiger partial charge in [-0.05, 0) is 25.5 Å². The van der Waals surface area contributed by atoms with Crippen molar-refractivity contribution in [3.8, 4) is 0 Å². The number of benzene rings is 1. The third-order valence-electron chi connectivity index (χ3n) is 3.74. The van der Waals surface area contributed by atoms with Crippen molar-refractivity contribution in [3.63, 3.8) is 0 Å². The summed E-state index contributed by atoms with van der Waals surface area (Å²) < 4.78 is 4.82. The molecule has 7 heteroatoms. The summed E-state index contributed by atoms with van der Waals surface area (Å²) in [4.78, 5) is 24.4. The van der Waals surface area contributed by atoms with Crippen molar-refractivity contribution < 1.29 is 14.5 Å². The second kappa shape index (κ2) is 6.87. The number of nitro benzene ring substituents is 1. The number of carbonyl (C=O) groups excluding carboxylic acids is 1. The molecule has 0 amide bonds. The van der Waals surface area contributed by atoms with Gasteiger partial charge < -0.3 is 4.74 Å². The standard InChI is InChI=1S/C14H17ClN2O4/c1-21-14(18)13-6-2-3-8-16(13)9-10-11(15)5-4-7-12(10)17(19)20/h4-5,7,13H,2-3,6,8-9H2,1H3/t13-/m1/s1. The summed E-state index contributed by atoms with van der Waals surface area (Å²) in [5.41, 5.74) is 0.427. The first kappa shape index (κ1) is 15.7. The minimum Gasteiger partial charge on any atom is -0.468 e. The summed E-state index contributed by atoms with van der Waals surface area (Å²) in [5.74, 6) is -0.301. The molecule has 1 fully saturated rings. The number of nitrogens with zero attached hydrogens (tertiary/aromatic N) is 2. The fourth-order valence-corrected chi connectivity index (χ4v) is 2.89. The van der Waals surface area contributed by atoms with Gasteiger partial charge in [-0.2, -0.15) is 0 Å². The van der Waals surface area contributed by atoms with Gasteiger partial charge in [0.1, 0.15) is 6.04 Å². The number of hydrogen-bond acceptors (Lipinski definition) is 5. The van der Waals surface area contributed by atoms with Gasteiger partial charge in [-0.15, -0.1) is 0 Å². The summed E-state index contributed by atoms with van der Waals surface area (Å²) in [7, 11) is 1.35. The van der Waals surface area contributed by atoms with E-state index in [1.54, 1.807) is 12.1 Å². The zero-order chi connectivity index (χ0) is 15.4. The smallest absolute Gasteiger partial charge is 0.323 e. The molecule has 114 valence electrons. The molecule has 6 nitrogen and oxygen atoms in total. The second-order valence-corrected chi connectivity index (χ2v) is 5.41. The summed E-state index contributed by atoms with van der Waals surface area (Å²) >= 11 is 6.11. The number of halogens is 1. The predicted octanol–water partition coefficient (Wildman–Crippen LogP) is 2.78. The predicted molar refractivity (Wildman–Crippen MR) is 78.2 cm³/mol. The van der Waals surface area contributed by atoms with Crippen LogP contribution in [-0.4, -0.2) is 35.5 Å². The number of nitro groups is 1. The van der Waals surface area contributed by atoms with E-state index in [1.807, 2.05) is 4.90 Å². The highest BCUT2D eigenvalue weighted by molar-refractivity contribution is 6.31. The van der Waals surface area contributed by atoms with Gasteiger partial charge in [0.15, 0.2) is 0 Å². The van der Waals surface area contributed by atoms with Crippen LogP contribution in [0.15, 0.2) is 18.2 Å². The number of carbonyl (C=O) groups is 1. The van der Waals surface area contributed by atoms with E-state index in [0.717, 1.165) is 12.8 Å². The van der Waals surface area contributed by atoms with E-state index in [1.165, 1.54) is 13.2 Å². The Labute approximate surface area is 127 Å². The maximum Gasteiger partial charge on any atom is 0.323 e. The van der Waals surface area contributed by atoms with E-state index in [2.05, 4.69) is 0 Å². The van der Waals surface area contributed by atoms with Crippen LogP contribution in [0.2, 0.25) is 5.02 Å². The van der Waals surface area contributed by atoms with Gasteiger partial charge >= 0.3 is 5.97 Å². The van der Waals surface area contributed by atoms with Gasteiger partial charge in [0.2, 0.25) is 0 Å². The fraction of sp³-hybridized carbons (Fsp3) is 0.500. The van der Waals surface area contributed by atoms with Crippen LogP contribution in [-0.2, 0) is 16.1 Å². The normalized spacial score (nSPS) is 19.2. The molecular weight excluding hydrogens is 296 g/mol. The zero-order valence-electron chi connectivity index (χ0n) is 11.8. The fourth-order valence-electron chi connectivity index (χ4n) is 2.66. The lowest BCUT2D eigenvalue weighted by molar-refractivity contribution is -0.385. The van der Waals surface area contributed by atoms with E-state index in [0.29, 0.717) is 23.6 Å². The summed E-state index contributed by atoms with van der Waals surface area (Å²) in [5, 5.41) is 11.5. The molecule has 1 aromatic carbocycles. The van der Waals surface area contributed by atoms with Crippen molar-refractivity contribution in [2.45, 2.75) is 31.8 Å². The Kier molecular flexibility index (Phi) is 5.14. The lowest BCUT2D eigenvalue weighted by Gasteiger charge is -2.33. The molecule has 0 aromatic heterocycles. The van der Waals surface area contributed by atoms with Gasteiger partial charge in [-0.3, -0.25) is 19.8 Å². The molecule has 0 aliphatic carbocycles. The average molecular weight is 313 g/mol. The first-order valence-corrected chi connectivity index (χ1v) is 7.16. The molecule has 1 saturated heterocycles. The SMILES string of the molecule is COC(=O)[C@H]1CCCCN1Cc1c(Cl)cccc1[N+](=O)[O-]. The van der Waals surface area contributed by atoms with Gasteiger partial charge in [0, 0.05) is 12.6 Å². The van der Waals surface area contributed by atoms with E-state index < -0.39 is 4.92 Å². The lowest BCUT2D eigenvalue weighted by atomic mass is 10.0. The molecule has 0 N–H and O–H groups in total. The minimum atomic E-state index is -0.446. The topological polar surface area (TPSA) is 72.7 Å². The largest absolute Gasteiger partial charge is 0.468 e. The molecule has 0 saturated carbocycles. The molecule has 0 bridgehead atoms. The molecule has 0 radical (unpaired) electrons. The van der Waals surface area contributed by atoms with Crippen molar-refractivity contribution in [2.75, 3.05) is 13.7 Å². The highest BCUT2D eigenvalue weighted by Gasteiger charge is 2.31. The number of rotatable bonds is 4. The molecule has 1 aliphatic rings. The molecule has 1 atom stereocenters. The summed E-state index contributed by atoms with van der Waals surface area (Å²) in [6.07, 6.45) is 2.59. The highest BCUT2D eigenvalue weighted by atomic mass is 35.5. The zero-order valence-corrected chi connectivity index (χ0v) is 12.5. The van der Waals surface area contributed by atoms with Crippen LogP contribution in [0.3, 0.4) is 0 Å². The average Bonchev–Trinajstić information content (AvgIpc) is 2.48. The maximum absolute atomic E-state index is 11.8. The van der Waals surface area contributed by atoms with Gasteiger partial charge in [-0.25, -0.2) is 0 Å². The third-order valence-corrected chi connectivity index (χ3v) is 4.09. The molecule has 1 aliphatic heterocycles. The minimum absolute atomic E-state index is 0.0170. The third kappa shape index (κ3) is 3.51. The Balaban J connectivity index is 2.27. The quantitative estimate of drug-likeness (QED) is 0.485. The molecule has 0 unspecified atom stereocenters. The number of piperidine rings is 1. The van der Waals surface area contributed by atoms with Crippen LogP contribution < -0.4 is 0 Å². The lowest BCUT2D eigenvalue weighted by Crippen LogP contribution is -2.44. The maximum atomic E-state index is 11.8. The van der Waals surface area contributed by atoms with Crippen LogP contribution in [0.4, 0.5) is 5.69 Å². The van der Waals surface area contributed by atoms with Gasteiger partial charge in [-0.1, -0.05) is 24.1 Å². The summed E-state index contributed by atoms with van der Waals surface area (Å²) in [6.45, 7) is 0.970. The van der Waals surface area contributed by atoms with Crippen LogP contribution in [0, 0.1) is 10.1 Å². The molecule has 1 aromatic rings.